The first-order valence-electron chi connectivity index (χ1n) is 6.76. The largest absolute Gasteiger partial charge is 0.493 e. The van der Waals surface area contributed by atoms with Crippen molar-refractivity contribution in [3.05, 3.63) is 65.9 Å². The molecule has 0 aliphatic heterocycles. The van der Waals surface area contributed by atoms with Crippen LogP contribution in [0.15, 0.2) is 54.6 Å². The first-order valence-corrected chi connectivity index (χ1v) is 6.76. The van der Waals surface area contributed by atoms with Gasteiger partial charge < -0.3 is 14.8 Å². The molecule has 106 valence electrons. The van der Waals surface area contributed by atoms with E-state index in [0.29, 0.717) is 6.61 Å². The molecule has 0 saturated carbocycles. The highest BCUT2D eigenvalue weighted by Gasteiger charge is 2.10. The molecule has 0 atom stereocenters. The van der Waals surface area contributed by atoms with Crippen LogP contribution < -0.4 is 4.74 Å². The van der Waals surface area contributed by atoms with E-state index in [-0.39, 0.29) is 5.69 Å². The molecule has 3 aromatic rings. The van der Waals surface area contributed by atoms with E-state index in [2.05, 4.69) is 4.98 Å². The Morgan fingerprint density at radius 1 is 1.10 bits per heavy atom. The van der Waals surface area contributed by atoms with E-state index in [1.165, 1.54) is 0 Å². The summed E-state index contributed by atoms with van der Waals surface area (Å²) in [5, 5.41) is 9.98. The molecule has 0 bridgehead atoms. The van der Waals surface area contributed by atoms with E-state index in [1.807, 2.05) is 48.5 Å². The molecule has 3 rings (SSSR count). The van der Waals surface area contributed by atoms with Crippen LogP contribution in [-0.2, 0) is 6.42 Å². The van der Waals surface area contributed by atoms with Gasteiger partial charge in [-0.25, -0.2) is 4.79 Å². The predicted molar refractivity (Wildman–Crippen MR) is 80.9 cm³/mol. The number of ether oxygens (including phenoxy) is 1. The number of carboxylic acids is 1. The fourth-order valence-electron chi connectivity index (χ4n) is 2.35. The maximum Gasteiger partial charge on any atom is 0.352 e. The van der Waals surface area contributed by atoms with Gasteiger partial charge in [0.1, 0.15) is 11.4 Å². The minimum absolute atomic E-state index is 0.210. The number of fused-ring (bicyclic) bond motifs is 1. The summed E-state index contributed by atoms with van der Waals surface area (Å²) in [6, 6.07) is 17.1. The van der Waals surface area contributed by atoms with Crippen molar-refractivity contribution in [3.8, 4) is 5.75 Å². The number of H-pyrrole nitrogens is 1. The SMILES string of the molecule is O=C(O)c1cc2c(CCOc3ccccc3)cccc2[nH]1. The number of hydrogen-bond acceptors (Lipinski definition) is 2. The molecular weight excluding hydrogens is 266 g/mol. The third-order valence-electron chi connectivity index (χ3n) is 3.37. The second-order valence-electron chi connectivity index (χ2n) is 4.78. The topological polar surface area (TPSA) is 62.3 Å². The van der Waals surface area contributed by atoms with Gasteiger partial charge in [-0.05, 0) is 29.8 Å². The second kappa shape index (κ2) is 5.71. The van der Waals surface area contributed by atoms with Crippen molar-refractivity contribution < 1.29 is 14.6 Å². The summed E-state index contributed by atoms with van der Waals surface area (Å²) in [5.41, 5.74) is 2.12. The Balaban J connectivity index is 1.76. The van der Waals surface area contributed by atoms with Crippen molar-refractivity contribution >= 4 is 16.9 Å². The molecule has 1 heterocycles. The Kier molecular flexibility index (Phi) is 3.60. The fourth-order valence-corrected chi connectivity index (χ4v) is 2.35. The molecule has 2 aromatic carbocycles. The van der Waals surface area contributed by atoms with Gasteiger partial charge >= 0.3 is 5.97 Å². The Morgan fingerprint density at radius 3 is 2.67 bits per heavy atom. The van der Waals surface area contributed by atoms with Crippen molar-refractivity contribution in [1.82, 2.24) is 4.98 Å². The number of rotatable bonds is 5. The van der Waals surface area contributed by atoms with E-state index < -0.39 is 5.97 Å². The van der Waals surface area contributed by atoms with Gasteiger partial charge in [0.25, 0.3) is 0 Å². The van der Waals surface area contributed by atoms with Gasteiger partial charge in [0, 0.05) is 17.3 Å². The molecule has 0 unspecified atom stereocenters. The Hall–Kier alpha value is -2.75. The van der Waals surface area contributed by atoms with Crippen LogP contribution in [-0.4, -0.2) is 22.7 Å². The lowest BCUT2D eigenvalue weighted by atomic mass is 10.1. The summed E-state index contributed by atoms with van der Waals surface area (Å²) in [6.07, 6.45) is 0.725. The molecule has 4 nitrogen and oxygen atoms in total. The summed E-state index contributed by atoms with van der Waals surface area (Å²) in [5.74, 6) is -0.109. The molecule has 0 aliphatic rings. The monoisotopic (exact) mass is 281 g/mol. The van der Waals surface area contributed by atoms with Crippen LogP contribution in [0.2, 0.25) is 0 Å². The number of nitrogens with one attached hydrogen (secondary N) is 1. The number of benzene rings is 2. The smallest absolute Gasteiger partial charge is 0.352 e. The summed E-state index contributed by atoms with van der Waals surface area (Å²) < 4.78 is 5.69. The highest BCUT2D eigenvalue weighted by molar-refractivity contribution is 5.95. The van der Waals surface area contributed by atoms with Gasteiger partial charge in [-0.15, -0.1) is 0 Å². The van der Waals surface area contributed by atoms with Crippen LogP contribution in [0.25, 0.3) is 10.9 Å². The van der Waals surface area contributed by atoms with E-state index in [0.717, 1.165) is 28.6 Å². The lowest BCUT2D eigenvalue weighted by Crippen LogP contribution is -2.01. The average Bonchev–Trinajstić information content (AvgIpc) is 2.94. The molecule has 4 heteroatoms. The van der Waals surface area contributed by atoms with Gasteiger partial charge in [-0.3, -0.25) is 0 Å². The third-order valence-corrected chi connectivity index (χ3v) is 3.37. The molecule has 0 saturated heterocycles. The van der Waals surface area contributed by atoms with Crippen molar-refractivity contribution in [1.29, 1.82) is 0 Å². The van der Waals surface area contributed by atoms with E-state index in [9.17, 15) is 4.79 Å². The normalized spacial score (nSPS) is 10.7. The predicted octanol–water partition coefficient (Wildman–Crippen LogP) is 3.49. The molecule has 2 N–H and O–H groups in total. The van der Waals surface area contributed by atoms with Crippen LogP contribution in [0.5, 0.6) is 5.75 Å². The van der Waals surface area contributed by atoms with Crippen molar-refractivity contribution in [2.45, 2.75) is 6.42 Å². The molecule has 0 fully saturated rings. The van der Waals surface area contributed by atoms with E-state index in [4.69, 9.17) is 9.84 Å². The Labute approximate surface area is 122 Å². The third kappa shape index (κ3) is 2.89. The van der Waals surface area contributed by atoms with Gasteiger partial charge in [0.05, 0.1) is 6.61 Å². The zero-order chi connectivity index (χ0) is 14.7. The van der Waals surface area contributed by atoms with Crippen LogP contribution in [0.3, 0.4) is 0 Å². The number of carboxylic acid groups (broad SMARTS) is 1. The molecule has 0 aliphatic carbocycles. The molecule has 0 radical (unpaired) electrons. The number of hydrogen-bond donors (Lipinski definition) is 2. The number of carbonyl (C=O) groups is 1. The summed E-state index contributed by atoms with van der Waals surface area (Å²) in [4.78, 5) is 13.9. The van der Waals surface area contributed by atoms with Gasteiger partial charge in [0.2, 0.25) is 0 Å². The minimum atomic E-state index is -0.947. The average molecular weight is 281 g/mol. The van der Waals surface area contributed by atoms with Crippen LogP contribution in [0.1, 0.15) is 16.1 Å². The molecule has 0 amide bonds. The molecule has 1 aromatic heterocycles. The first-order chi connectivity index (χ1) is 10.2. The molecule has 0 spiro atoms. The van der Waals surface area contributed by atoms with Gasteiger partial charge in [-0.1, -0.05) is 30.3 Å². The summed E-state index contributed by atoms with van der Waals surface area (Å²) >= 11 is 0. The van der Waals surface area contributed by atoms with Gasteiger partial charge in [-0.2, -0.15) is 0 Å². The standard InChI is InChI=1S/C17H15NO3/c19-17(20)16-11-14-12(5-4-8-15(14)18-16)9-10-21-13-6-2-1-3-7-13/h1-8,11,18H,9-10H2,(H,19,20). The zero-order valence-corrected chi connectivity index (χ0v) is 11.4. The Morgan fingerprint density at radius 2 is 1.90 bits per heavy atom. The number of aromatic amines is 1. The Bertz CT molecular complexity index is 762. The maximum atomic E-state index is 11.0. The lowest BCUT2D eigenvalue weighted by molar-refractivity contribution is 0.0691. The van der Waals surface area contributed by atoms with Gasteiger partial charge in [0.15, 0.2) is 0 Å². The minimum Gasteiger partial charge on any atom is -0.493 e. The quantitative estimate of drug-likeness (QED) is 0.752. The van der Waals surface area contributed by atoms with Crippen LogP contribution in [0.4, 0.5) is 0 Å². The van der Waals surface area contributed by atoms with E-state index >= 15 is 0 Å². The highest BCUT2D eigenvalue weighted by Crippen LogP contribution is 2.21. The lowest BCUT2D eigenvalue weighted by Gasteiger charge is -2.06. The van der Waals surface area contributed by atoms with Crippen molar-refractivity contribution in [2.24, 2.45) is 0 Å². The fraction of sp³-hybridized carbons (Fsp3) is 0.118. The molecule has 21 heavy (non-hydrogen) atoms. The second-order valence-corrected chi connectivity index (χ2v) is 4.78. The van der Waals surface area contributed by atoms with E-state index in [1.54, 1.807) is 6.07 Å². The van der Waals surface area contributed by atoms with Crippen LogP contribution in [0, 0.1) is 0 Å². The highest BCUT2D eigenvalue weighted by atomic mass is 16.5. The van der Waals surface area contributed by atoms with Crippen molar-refractivity contribution in [3.63, 3.8) is 0 Å². The number of aromatic nitrogens is 1. The maximum absolute atomic E-state index is 11.0. The number of para-hydroxylation sites is 1. The summed E-state index contributed by atoms with van der Waals surface area (Å²) in [6.45, 7) is 0.552. The van der Waals surface area contributed by atoms with Crippen LogP contribution >= 0.6 is 0 Å². The first kappa shape index (κ1) is 13.2. The summed E-state index contributed by atoms with van der Waals surface area (Å²) in [7, 11) is 0. The number of aromatic carboxylic acids is 1. The van der Waals surface area contributed by atoms with Crippen molar-refractivity contribution in [2.75, 3.05) is 6.61 Å². The zero-order valence-electron chi connectivity index (χ0n) is 11.4. The molecular formula is C17H15NO3.